The number of amides is 1. The molecule has 1 aromatic rings. The van der Waals surface area contributed by atoms with E-state index in [4.69, 9.17) is 0 Å². The lowest BCUT2D eigenvalue weighted by Gasteiger charge is -2.38. The second-order valence-corrected chi connectivity index (χ2v) is 5.03. The van der Waals surface area contributed by atoms with E-state index < -0.39 is 17.3 Å². The first-order valence-corrected chi connectivity index (χ1v) is 6.19. The molecule has 1 amide bonds. The van der Waals surface area contributed by atoms with E-state index >= 15 is 0 Å². The Labute approximate surface area is 110 Å². The number of benzene rings is 1. The van der Waals surface area contributed by atoms with Crippen molar-refractivity contribution in [1.29, 1.82) is 0 Å². The summed E-state index contributed by atoms with van der Waals surface area (Å²) in [5.74, 6) is -1.82. The number of rotatable bonds is 4. The van der Waals surface area contributed by atoms with Crippen LogP contribution in [0.2, 0.25) is 0 Å². The predicted octanol–water partition coefficient (Wildman–Crippen LogP) is 2.04. The van der Waals surface area contributed by atoms with Gasteiger partial charge in [-0.05, 0) is 30.5 Å². The molecule has 1 aromatic carbocycles. The van der Waals surface area contributed by atoms with E-state index in [1.165, 1.54) is 17.0 Å². The molecule has 1 N–H and O–H groups in total. The number of hydrogen-bond donors (Lipinski definition) is 1. The molecule has 0 aliphatic heterocycles. The normalized spacial score (nSPS) is 16.5. The van der Waals surface area contributed by atoms with Crippen LogP contribution in [-0.4, -0.2) is 28.9 Å². The van der Waals surface area contributed by atoms with Crippen molar-refractivity contribution in [1.82, 2.24) is 4.90 Å². The number of carboxylic acids is 1. The van der Waals surface area contributed by atoms with Crippen molar-refractivity contribution >= 4 is 11.9 Å². The summed E-state index contributed by atoms with van der Waals surface area (Å²) in [7, 11) is 1.55. The van der Waals surface area contributed by atoms with Gasteiger partial charge in [0.25, 0.3) is 0 Å². The molecule has 2 rings (SSSR count). The minimum Gasteiger partial charge on any atom is -0.480 e. The molecule has 0 saturated heterocycles. The molecule has 1 fully saturated rings. The fourth-order valence-electron chi connectivity index (χ4n) is 2.40. The quantitative estimate of drug-likeness (QED) is 0.847. The summed E-state index contributed by atoms with van der Waals surface area (Å²) in [6.07, 6.45) is 1.52. The molecule has 4 nitrogen and oxygen atoms in total. The van der Waals surface area contributed by atoms with Gasteiger partial charge in [0.05, 0.1) is 0 Å². The topological polar surface area (TPSA) is 57.6 Å². The van der Waals surface area contributed by atoms with Crippen molar-refractivity contribution in [2.75, 3.05) is 7.05 Å². The Morgan fingerprint density at radius 3 is 2.58 bits per heavy atom. The van der Waals surface area contributed by atoms with Crippen LogP contribution in [0.1, 0.15) is 24.8 Å². The van der Waals surface area contributed by atoms with Gasteiger partial charge >= 0.3 is 5.97 Å². The molecule has 0 spiro atoms. The molecule has 0 bridgehead atoms. The summed E-state index contributed by atoms with van der Waals surface area (Å²) >= 11 is 0. The number of hydrogen-bond acceptors (Lipinski definition) is 2. The molecule has 0 radical (unpaired) electrons. The maximum Gasteiger partial charge on any atom is 0.319 e. The lowest BCUT2D eigenvalue weighted by Crippen LogP contribution is -2.51. The molecule has 0 aromatic heterocycles. The van der Waals surface area contributed by atoms with Crippen LogP contribution in [0.5, 0.6) is 0 Å². The first-order chi connectivity index (χ1) is 8.95. The Hall–Kier alpha value is -1.91. The Kier molecular flexibility index (Phi) is 3.55. The third kappa shape index (κ3) is 2.45. The number of carboxylic acid groups (broad SMARTS) is 1. The van der Waals surface area contributed by atoms with Crippen LogP contribution in [0.3, 0.4) is 0 Å². The molecular formula is C14H16FNO3. The van der Waals surface area contributed by atoms with Crippen molar-refractivity contribution < 1.29 is 19.1 Å². The number of nitrogens with zero attached hydrogens (tertiary/aromatic N) is 1. The highest BCUT2D eigenvalue weighted by Crippen LogP contribution is 2.42. The maximum atomic E-state index is 13.1. The number of halogens is 1. The molecule has 5 heteroatoms. The van der Waals surface area contributed by atoms with Crippen molar-refractivity contribution in [3.8, 4) is 0 Å². The highest BCUT2D eigenvalue weighted by molar-refractivity contribution is 6.02. The van der Waals surface area contributed by atoms with E-state index in [1.54, 1.807) is 19.2 Å². The third-order valence-electron chi connectivity index (χ3n) is 3.68. The van der Waals surface area contributed by atoms with Gasteiger partial charge in [0, 0.05) is 13.6 Å². The standard InChI is InChI=1S/C14H16FNO3/c1-16(9-10-4-2-5-11(15)8-10)12(17)14(13(18)19)6-3-7-14/h2,4-5,8H,3,6-7,9H2,1H3,(H,18,19). The number of aliphatic carboxylic acids is 1. The van der Waals surface area contributed by atoms with E-state index in [1.807, 2.05) is 0 Å². The molecular weight excluding hydrogens is 249 g/mol. The summed E-state index contributed by atoms with van der Waals surface area (Å²) in [5.41, 5.74) is -0.613. The summed E-state index contributed by atoms with van der Waals surface area (Å²) in [5, 5.41) is 9.21. The van der Waals surface area contributed by atoms with Crippen LogP contribution < -0.4 is 0 Å². The van der Waals surface area contributed by atoms with E-state index in [0.29, 0.717) is 18.4 Å². The van der Waals surface area contributed by atoms with Crippen molar-refractivity contribution in [2.45, 2.75) is 25.8 Å². The van der Waals surface area contributed by atoms with E-state index in [0.717, 1.165) is 6.42 Å². The van der Waals surface area contributed by atoms with Crippen molar-refractivity contribution in [3.63, 3.8) is 0 Å². The fraction of sp³-hybridized carbons (Fsp3) is 0.429. The first kappa shape index (κ1) is 13.5. The van der Waals surface area contributed by atoms with Gasteiger partial charge in [-0.15, -0.1) is 0 Å². The van der Waals surface area contributed by atoms with Crippen molar-refractivity contribution in [2.24, 2.45) is 5.41 Å². The summed E-state index contributed by atoms with van der Waals surface area (Å²) in [4.78, 5) is 24.8. The fourth-order valence-corrected chi connectivity index (χ4v) is 2.40. The molecule has 19 heavy (non-hydrogen) atoms. The van der Waals surface area contributed by atoms with Crippen LogP contribution >= 0.6 is 0 Å². The average molecular weight is 265 g/mol. The van der Waals surface area contributed by atoms with Gasteiger partial charge in [0.2, 0.25) is 5.91 Å². The minimum absolute atomic E-state index is 0.214. The van der Waals surface area contributed by atoms with Crippen LogP contribution in [0.25, 0.3) is 0 Å². The van der Waals surface area contributed by atoms with Gasteiger partial charge in [-0.3, -0.25) is 9.59 Å². The average Bonchev–Trinajstić information content (AvgIpc) is 2.26. The zero-order chi connectivity index (χ0) is 14.0. The monoisotopic (exact) mass is 265 g/mol. The Balaban J connectivity index is 2.09. The van der Waals surface area contributed by atoms with Crippen LogP contribution in [-0.2, 0) is 16.1 Å². The highest BCUT2D eigenvalue weighted by atomic mass is 19.1. The first-order valence-electron chi connectivity index (χ1n) is 6.19. The van der Waals surface area contributed by atoms with Crippen molar-refractivity contribution in [3.05, 3.63) is 35.6 Å². The molecule has 102 valence electrons. The zero-order valence-corrected chi connectivity index (χ0v) is 10.7. The van der Waals surface area contributed by atoms with E-state index in [-0.39, 0.29) is 12.4 Å². The molecule has 1 aliphatic rings. The lowest BCUT2D eigenvalue weighted by molar-refractivity contribution is -0.167. The molecule has 0 heterocycles. The summed E-state index contributed by atoms with van der Waals surface area (Å²) < 4.78 is 13.1. The van der Waals surface area contributed by atoms with E-state index in [2.05, 4.69) is 0 Å². The maximum absolute atomic E-state index is 13.1. The molecule has 0 unspecified atom stereocenters. The Morgan fingerprint density at radius 1 is 1.42 bits per heavy atom. The van der Waals surface area contributed by atoms with Gasteiger partial charge < -0.3 is 10.0 Å². The van der Waals surface area contributed by atoms with Gasteiger partial charge in [-0.25, -0.2) is 4.39 Å². The van der Waals surface area contributed by atoms with Gasteiger partial charge in [0.1, 0.15) is 11.2 Å². The number of carbonyl (C=O) groups is 2. The SMILES string of the molecule is CN(Cc1cccc(F)c1)C(=O)C1(C(=O)O)CCC1. The van der Waals surface area contributed by atoms with Gasteiger partial charge in [0.15, 0.2) is 0 Å². The zero-order valence-electron chi connectivity index (χ0n) is 10.7. The molecule has 0 atom stereocenters. The predicted molar refractivity (Wildman–Crippen MR) is 66.8 cm³/mol. The largest absolute Gasteiger partial charge is 0.480 e. The summed E-state index contributed by atoms with van der Waals surface area (Å²) in [6.45, 7) is 0.214. The second kappa shape index (κ2) is 4.99. The van der Waals surface area contributed by atoms with E-state index in [9.17, 15) is 19.1 Å². The van der Waals surface area contributed by atoms with Crippen LogP contribution in [0, 0.1) is 11.2 Å². The lowest BCUT2D eigenvalue weighted by atomic mass is 9.68. The smallest absolute Gasteiger partial charge is 0.319 e. The summed E-state index contributed by atoms with van der Waals surface area (Å²) in [6, 6.07) is 5.95. The minimum atomic E-state index is -1.26. The van der Waals surface area contributed by atoms with Crippen LogP contribution in [0.4, 0.5) is 4.39 Å². The molecule has 1 aliphatic carbocycles. The number of carbonyl (C=O) groups excluding carboxylic acids is 1. The van der Waals surface area contributed by atoms with Gasteiger partial charge in [-0.2, -0.15) is 0 Å². The third-order valence-corrected chi connectivity index (χ3v) is 3.68. The van der Waals surface area contributed by atoms with Gasteiger partial charge in [-0.1, -0.05) is 18.6 Å². The Bertz CT molecular complexity index is 511. The highest BCUT2D eigenvalue weighted by Gasteiger charge is 2.52. The van der Waals surface area contributed by atoms with Crippen LogP contribution in [0.15, 0.2) is 24.3 Å². The Morgan fingerprint density at radius 2 is 2.11 bits per heavy atom. The second-order valence-electron chi connectivity index (χ2n) is 5.03. The molecule has 1 saturated carbocycles.